The molecule has 2 rings (SSSR count). The number of carbonyl (C=O) groups excluding carboxylic acids is 2. The zero-order valence-corrected chi connectivity index (χ0v) is 12.9. The lowest BCUT2D eigenvalue weighted by atomic mass is 9.99. The molecule has 0 saturated carbocycles. The average Bonchev–Trinajstić information content (AvgIpc) is 2.48. The maximum atomic E-state index is 12.1. The summed E-state index contributed by atoms with van der Waals surface area (Å²) in [6.45, 7) is 5.84. The molecular weight excluding hydrogens is 264 g/mol. The number of hydrogen-bond acceptors (Lipinski definition) is 2. The number of hydrogen-bond donors (Lipinski definition) is 1. The number of likely N-dealkylation sites (tertiary alicyclic amines) is 1. The van der Waals surface area contributed by atoms with E-state index in [9.17, 15) is 9.59 Å². The lowest BCUT2D eigenvalue weighted by Crippen LogP contribution is -2.39. The predicted octanol–water partition coefficient (Wildman–Crippen LogP) is 2.84. The summed E-state index contributed by atoms with van der Waals surface area (Å²) >= 11 is 0. The van der Waals surface area contributed by atoms with Gasteiger partial charge in [0.15, 0.2) is 0 Å². The Labute approximate surface area is 126 Å². The van der Waals surface area contributed by atoms with E-state index in [2.05, 4.69) is 19.2 Å². The van der Waals surface area contributed by atoms with Crippen LogP contribution in [0.25, 0.3) is 0 Å². The first kappa shape index (κ1) is 15.5. The first-order chi connectivity index (χ1) is 10.1. The molecule has 0 aliphatic carbocycles. The Kier molecular flexibility index (Phi) is 5.37. The Morgan fingerprint density at radius 2 is 1.81 bits per heavy atom. The number of rotatable bonds is 4. The van der Waals surface area contributed by atoms with E-state index in [1.807, 2.05) is 24.3 Å². The second kappa shape index (κ2) is 7.25. The summed E-state index contributed by atoms with van der Waals surface area (Å²) in [6.07, 6.45) is 2.97. The molecule has 2 amide bonds. The van der Waals surface area contributed by atoms with Gasteiger partial charge in [-0.15, -0.1) is 0 Å². The molecule has 0 radical (unpaired) electrons. The Balaban J connectivity index is 1.81. The Hall–Kier alpha value is -1.84. The van der Waals surface area contributed by atoms with Crippen LogP contribution < -0.4 is 5.32 Å². The fraction of sp³-hybridized carbons (Fsp3) is 0.529. The van der Waals surface area contributed by atoms with Crippen molar-refractivity contribution in [3.63, 3.8) is 0 Å². The molecular formula is C17H24N2O2. The van der Waals surface area contributed by atoms with Crippen LogP contribution in [-0.2, 0) is 16.0 Å². The molecule has 1 aliphatic heterocycles. The van der Waals surface area contributed by atoms with Crippen LogP contribution in [0.1, 0.15) is 38.7 Å². The fourth-order valence-electron chi connectivity index (χ4n) is 2.54. The van der Waals surface area contributed by atoms with Crippen LogP contribution in [0.5, 0.6) is 0 Å². The van der Waals surface area contributed by atoms with Crippen molar-refractivity contribution in [2.45, 2.75) is 39.5 Å². The van der Waals surface area contributed by atoms with Crippen molar-refractivity contribution in [3.05, 3.63) is 29.8 Å². The number of nitrogens with zero attached hydrogens (tertiary/aromatic N) is 1. The van der Waals surface area contributed by atoms with Gasteiger partial charge in [-0.3, -0.25) is 9.59 Å². The molecule has 1 aromatic rings. The minimum absolute atomic E-state index is 0.0652. The summed E-state index contributed by atoms with van der Waals surface area (Å²) in [5, 5.41) is 2.79. The lowest BCUT2D eigenvalue weighted by Gasteiger charge is -2.30. The van der Waals surface area contributed by atoms with Gasteiger partial charge in [-0.1, -0.05) is 26.0 Å². The van der Waals surface area contributed by atoms with Gasteiger partial charge in [0, 0.05) is 18.8 Å². The number of aryl methyl sites for hydroxylation is 1. The second-order valence-corrected chi connectivity index (χ2v) is 5.84. The van der Waals surface area contributed by atoms with E-state index < -0.39 is 0 Å². The Morgan fingerprint density at radius 3 is 2.38 bits per heavy atom. The summed E-state index contributed by atoms with van der Waals surface area (Å²) in [5.41, 5.74) is 1.98. The van der Waals surface area contributed by atoms with Crippen molar-refractivity contribution in [2.24, 2.45) is 5.92 Å². The minimum atomic E-state index is -0.233. The van der Waals surface area contributed by atoms with Gasteiger partial charge in [0.2, 0.25) is 11.8 Å². The van der Waals surface area contributed by atoms with Crippen molar-refractivity contribution in [3.8, 4) is 0 Å². The van der Waals surface area contributed by atoms with Gasteiger partial charge in [0.05, 0.1) is 0 Å². The van der Waals surface area contributed by atoms with E-state index in [4.69, 9.17) is 0 Å². The largest absolute Gasteiger partial charge is 0.342 e. The summed E-state index contributed by atoms with van der Waals surface area (Å²) in [6, 6.07) is 7.74. The van der Waals surface area contributed by atoms with Crippen LogP contribution in [0, 0.1) is 5.92 Å². The molecule has 114 valence electrons. The molecule has 4 heteroatoms. The molecule has 1 N–H and O–H groups in total. The standard InChI is InChI=1S/C17H24N2O2/c1-3-14-4-6-15(7-5-14)18-16(20)12-17(21)19-10-8-13(2)9-11-19/h4-7,13H,3,8-12H2,1-2H3,(H,18,20). The maximum Gasteiger partial charge on any atom is 0.233 e. The third-order valence-corrected chi connectivity index (χ3v) is 4.09. The summed E-state index contributed by atoms with van der Waals surface area (Å²) < 4.78 is 0. The molecule has 1 fully saturated rings. The zero-order chi connectivity index (χ0) is 15.2. The van der Waals surface area contributed by atoms with Gasteiger partial charge in [0.25, 0.3) is 0 Å². The normalized spacial score (nSPS) is 15.8. The van der Waals surface area contributed by atoms with E-state index >= 15 is 0 Å². The average molecular weight is 288 g/mol. The van der Waals surface area contributed by atoms with Gasteiger partial charge in [-0.2, -0.15) is 0 Å². The van der Waals surface area contributed by atoms with E-state index in [0.29, 0.717) is 5.92 Å². The van der Waals surface area contributed by atoms with Crippen LogP contribution in [0.4, 0.5) is 5.69 Å². The number of nitrogens with one attached hydrogen (secondary N) is 1. The molecule has 1 aliphatic rings. The van der Waals surface area contributed by atoms with E-state index in [-0.39, 0.29) is 18.2 Å². The molecule has 0 atom stereocenters. The predicted molar refractivity (Wildman–Crippen MR) is 84.0 cm³/mol. The van der Waals surface area contributed by atoms with Gasteiger partial charge in [-0.05, 0) is 42.9 Å². The molecule has 0 aromatic heterocycles. The van der Waals surface area contributed by atoms with E-state index in [1.54, 1.807) is 4.90 Å². The first-order valence-electron chi connectivity index (χ1n) is 7.75. The number of carbonyl (C=O) groups is 2. The quantitative estimate of drug-likeness (QED) is 0.866. The molecule has 1 heterocycles. The highest BCUT2D eigenvalue weighted by Gasteiger charge is 2.22. The van der Waals surface area contributed by atoms with Gasteiger partial charge < -0.3 is 10.2 Å². The van der Waals surface area contributed by atoms with Crippen LogP contribution in [0.15, 0.2) is 24.3 Å². The zero-order valence-electron chi connectivity index (χ0n) is 12.9. The number of anilines is 1. The molecule has 1 saturated heterocycles. The summed E-state index contributed by atoms with van der Waals surface area (Å²) in [7, 11) is 0. The highest BCUT2D eigenvalue weighted by Crippen LogP contribution is 2.17. The Bertz CT molecular complexity index is 488. The molecule has 21 heavy (non-hydrogen) atoms. The molecule has 1 aromatic carbocycles. The van der Waals surface area contributed by atoms with Crippen molar-refractivity contribution in [1.82, 2.24) is 4.90 Å². The SMILES string of the molecule is CCc1ccc(NC(=O)CC(=O)N2CCC(C)CC2)cc1. The van der Waals surface area contributed by atoms with Crippen LogP contribution in [0.2, 0.25) is 0 Å². The number of benzene rings is 1. The first-order valence-corrected chi connectivity index (χ1v) is 7.75. The van der Waals surface area contributed by atoms with Gasteiger partial charge in [0.1, 0.15) is 6.42 Å². The molecule has 0 spiro atoms. The fourth-order valence-corrected chi connectivity index (χ4v) is 2.54. The molecule has 0 bridgehead atoms. The number of piperidine rings is 1. The van der Waals surface area contributed by atoms with Crippen molar-refractivity contribution >= 4 is 17.5 Å². The Morgan fingerprint density at radius 1 is 1.19 bits per heavy atom. The highest BCUT2D eigenvalue weighted by atomic mass is 16.2. The van der Waals surface area contributed by atoms with Crippen molar-refractivity contribution in [1.29, 1.82) is 0 Å². The topological polar surface area (TPSA) is 49.4 Å². The monoisotopic (exact) mass is 288 g/mol. The highest BCUT2D eigenvalue weighted by molar-refractivity contribution is 6.03. The second-order valence-electron chi connectivity index (χ2n) is 5.84. The third kappa shape index (κ3) is 4.59. The van der Waals surface area contributed by atoms with Crippen molar-refractivity contribution in [2.75, 3.05) is 18.4 Å². The third-order valence-electron chi connectivity index (χ3n) is 4.09. The van der Waals surface area contributed by atoms with Gasteiger partial charge in [-0.25, -0.2) is 0 Å². The van der Waals surface area contributed by atoms with Crippen LogP contribution in [-0.4, -0.2) is 29.8 Å². The lowest BCUT2D eigenvalue weighted by molar-refractivity contribution is -0.135. The van der Waals surface area contributed by atoms with E-state index in [1.165, 1.54) is 5.56 Å². The summed E-state index contributed by atoms with van der Waals surface area (Å²) in [4.78, 5) is 25.8. The molecule has 0 unspecified atom stereocenters. The van der Waals surface area contributed by atoms with Crippen molar-refractivity contribution < 1.29 is 9.59 Å². The molecule has 4 nitrogen and oxygen atoms in total. The van der Waals surface area contributed by atoms with Crippen LogP contribution >= 0.6 is 0 Å². The smallest absolute Gasteiger partial charge is 0.233 e. The van der Waals surface area contributed by atoms with Gasteiger partial charge >= 0.3 is 0 Å². The minimum Gasteiger partial charge on any atom is -0.342 e. The summed E-state index contributed by atoms with van der Waals surface area (Å²) in [5.74, 6) is 0.382. The number of amides is 2. The maximum absolute atomic E-state index is 12.1. The van der Waals surface area contributed by atoms with Crippen LogP contribution in [0.3, 0.4) is 0 Å². The van der Waals surface area contributed by atoms with E-state index in [0.717, 1.165) is 38.0 Å².